The summed E-state index contributed by atoms with van der Waals surface area (Å²) in [6.45, 7) is 1.83. The van der Waals surface area contributed by atoms with E-state index in [1.54, 1.807) is 37.3 Å². The fourth-order valence-electron chi connectivity index (χ4n) is 2.71. The van der Waals surface area contributed by atoms with E-state index in [0.717, 1.165) is 0 Å². The Bertz CT molecular complexity index is 1100. The molecule has 0 aliphatic heterocycles. The van der Waals surface area contributed by atoms with E-state index in [9.17, 15) is 13.2 Å². The SMILES string of the molecule is CCOC(=O)c1[nH]c2ccc(OC)cc2c1NS(=O)(=O)c1ccc(OC)cc1. The second-order valence-electron chi connectivity index (χ2n) is 5.79. The Hall–Kier alpha value is -3.20. The second-order valence-corrected chi connectivity index (χ2v) is 7.47. The molecule has 0 saturated heterocycles. The number of anilines is 1. The van der Waals surface area contributed by atoms with Crippen LogP contribution in [0.2, 0.25) is 0 Å². The highest BCUT2D eigenvalue weighted by molar-refractivity contribution is 7.92. The first-order valence-electron chi connectivity index (χ1n) is 8.43. The normalized spacial score (nSPS) is 11.2. The van der Waals surface area contributed by atoms with E-state index in [1.807, 2.05) is 0 Å². The predicted octanol–water partition coefficient (Wildman–Crippen LogP) is 3.16. The lowest BCUT2D eigenvalue weighted by molar-refractivity contribution is 0.0522. The number of ether oxygens (including phenoxy) is 3. The van der Waals surface area contributed by atoms with Crippen molar-refractivity contribution in [1.29, 1.82) is 0 Å². The van der Waals surface area contributed by atoms with Gasteiger partial charge in [-0.05, 0) is 49.4 Å². The van der Waals surface area contributed by atoms with Gasteiger partial charge in [0.25, 0.3) is 10.0 Å². The number of aromatic nitrogens is 1. The quantitative estimate of drug-likeness (QED) is 0.586. The average Bonchev–Trinajstić information content (AvgIpc) is 3.05. The summed E-state index contributed by atoms with van der Waals surface area (Å²) < 4.78 is 43.6. The number of benzene rings is 2. The van der Waals surface area contributed by atoms with Gasteiger partial charge in [-0.2, -0.15) is 0 Å². The molecule has 0 saturated carbocycles. The maximum absolute atomic E-state index is 12.9. The number of nitrogens with one attached hydrogen (secondary N) is 2. The summed E-state index contributed by atoms with van der Waals surface area (Å²) in [4.78, 5) is 15.3. The van der Waals surface area contributed by atoms with Crippen LogP contribution in [0.3, 0.4) is 0 Å². The molecule has 0 fully saturated rings. The van der Waals surface area contributed by atoms with E-state index in [2.05, 4.69) is 9.71 Å². The highest BCUT2D eigenvalue weighted by atomic mass is 32.2. The van der Waals surface area contributed by atoms with Crippen LogP contribution in [0.15, 0.2) is 47.4 Å². The standard InChI is InChI=1S/C19H20N2O6S/c1-4-27-19(22)18-17(15-11-13(26-3)7-10-16(15)20-18)21-28(23,24)14-8-5-12(25-2)6-9-14/h5-11,20-21H,4H2,1-3H3. The first kappa shape index (κ1) is 19.6. The van der Waals surface area contributed by atoms with Crippen molar-refractivity contribution in [3.63, 3.8) is 0 Å². The molecule has 0 radical (unpaired) electrons. The molecule has 0 aliphatic carbocycles. The van der Waals surface area contributed by atoms with Gasteiger partial charge in [0.05, 0.1) is 31.4 Å². The lowest BCUT2D eigenvalue weighted by Crippen LogP contribution is -2.16. The third-order valence-electron chi connectivity index (χ3n) is 4.09. The van der Waals surface area contributed by atoms with Gasteiger partial charge in [-0.3, -0.25) is 4.72 Å². The van der Waals surface area contributed by atoms with Crippen LogP contribution < -0.4 is 14.2 Å². The van der Waals surface area contributed by atoms with E-state index >= 15 is 0 Å². The monoisotopic (exact) mass is 404 g/mol. The second kappa shape index (κ2) is 7.81. The Morgan fingerprint density at radius 2 is 1.68 bits per heavy atom. The van der Waals surface area contributed by atoms with Gasteiger partial charge in [0.2, 0.25) is 0 Å². The number of carbonyl (C=O) groups is 1. The molecule has 9 heteroatoms. The molecular formula is C19H20N2O6S. The molecule has 0 bridgehead atoms. The highest BCUT2D eigenvalue weighted by Gasteiger charge is 2.24. The average molecular weight is 404 g/mol. The minimum absolute atomic E-state index is 0.0159. The van der Waals surface area contributed by atoms with Crippen LogP contribution in [0, 0.1) is 0 Å². The summed E-state index contributed by atoms with van der Waals surface area (Å²) in [7, 11) is -0.970. The summed E-state index contributed by atoms with van der Waals surface area (Å²) in [5.74, 6) is 0.389. The van der Waals surface area contributed by atoms with Crippen molar-refractivity contribution < 1.29 is 27.4 Å². The van der Waals surface area contributed by atoms with E-state index < -0.39 is 16.0 Å². The summed E-state index contributed by atoms with van der Waals surface area (Å²) in [6, 6.07) is 11.0. The lowest BCUT2D eigenvalue weighted by Gasteiger charge is -2.10. The van der Waals surface area contributed by atoms with E-state index in [-0.39, 0.29) is 22.9 Å². The van der Waals surface area contributed by atoms with E-state index in [1.165, 1.54) is 26.4 Å². The molecule has 0 amide bonds. The summed E-state index contributed by atoms with van der Waals surface area (Å²) >= 11 is 0. The number of fused-ring (bicyclic) bond motifs is 1. The zero-order valence-electron chi connectivity index (χ0n) is 15.6. The zero-order valence-corrected chi connectivity index (χ0v) is 16.4. The van der Waals surface area contributed by atoms with Gasteiger partial charge in [0.1, 0.15) is 11.5 Å². The van der Waals surface area contributed by atoms with Crippen molar-refractivity contribution in [1.82, 2.24) is 4.98 Å². The fourth-order valence-corrected chi connectivity index (χ4v) is 3.80. The molecule has 0 aliphatic rings. The van der Waals surface area contributed by atoms with Crippen LogP contribution >= 0.6 is 0 Å². The minimum Gasteiger partial charge on any atom is -0.497 e. The third kappa shape index (κ3) is 3.74. The first-order valence-corrected chi connectivity index (χ1v) is 9.91. The Kier molecular flexibility index (Phi) is 5.46. The molecule has 0 atom stereocenters. The lowest BCUT2D eigenvalue weighted by atomic mass is 10.2. The van der Waals surface area contributed by atoms with Crippen molar-refractivity contribution in [2.75, 3.05) is 25.5 Å². The Labute approximate surface area is 162 Å². The van der Waals surface area contributed by atoms with Crippen LogP contribution in [0.5, 0.6) is 11.5 Å². The number of rotatable bonds is 7. The van der Waals surface area contributed by atoms with Gasteiger partial charge in [0.15, 0.2) is 5.69 Å². The Balaban J connectivity index is 2.10. The van der Waals surface area contributed by atoms with Crippen LogP contribution in [-0.2, 0) is 14.8 Å². The summed E-state index contributed by atoms with van der Waals surface area (Å²) in [5, 5.41) is 0.486. The van der Waals surface area contributed by atoms with Gasteiger partial charge >= 0.3 is 5.97 Å². The third-order valence-corrected chi connectivity index (χ3v) is 5.46. The van der Waals surface area contributed by atoms with E-state index in [0.29, 0.717) is 22.4 Å². The Morgan fingerprint density at radius 3 is 2.29 bits per heavy atom. The molecule has 0 spiro atoms. The van der Waals surface area contributed by atoms with Crippen LogP contribution in [0.25, 0.3) is 10.9 Å². The largest absolute Gasteiger partial charge is 0.497 e. The summed E-state index contributed by atoms with van der Waals surface area (Å²) in [6.07, 6.45) is 0. The first-order chi connectivity index (χ1) is 13.4. The molecule has 3 aromatic rings. The number of hydrogen-bond donors (Lipinski definition) is 2. The number of methoxy groups -OCH3 is 2. The molecule has 3 rings (SSSR count). The van der Waals surface area contributed by atoms with Gasteiger partial charge in [0, 0.05) is 10.9 Å². The topological polar surface area (TPSA) is 107 Å². The molecule has 0 unspecified atom stereocenters. The van der Waals surface area contributed by atoms with Gasteiger partial charge in [-0.1, -0.05) is 0 Å². The number of sulfonamides is 1. The van der Waals surface area contributed by atoms with E-state index in [4.69, 9.17) is 14.2 Å². The molecule has 1 heterocycles. The maximum atomic E-state index is 12.9. The minimum atomic E-state index is -3.96. The molecular weight excluding hydrogens is 384 g/mol. The van der Waals surface area contributed by atoms with Crippen molar-refractivity contribution in [3.05, 3.63) is 48.2 Å². The van der Waals surface area contributed by atoms with Crippen molar-refractivity contribution >= 4 is 32.6 Å². The van der Waals surface area contributed by atoms with Crippen LogP contribution in [-0.4, -0.2) is 40.2 Å². The molecule has 148 valence electrons. The Morgan fingerprint density at radius 1 is 1.04 bits per heavy atom. The maximum Gasteiger partial charge on any atom is 0.356 e. The number of carbonyl (C=O) groups excluding carboxylic acids is 1. The number of esters is 1. The number of H-pyrrole nitrogens is 1. The predicted molar refractivity (Wildman–Crippen MR) is 105 cm³/mol. The van der Waals surface area contributed by atoms with Crippen molar-refractivity contribution in [3.8, 4) is 11.5 Å². The van der Waals surface area contributed by atoms with Gasteiger partial charge < -0.3 is 19.2 Å². The van der Waals surface area contributed by atoms with Crippen molar-refractivity contribution in [2.45, 2.75) is 11.8 Å². The summed E-state index contributed by atoms with van der Waals surface area (Å²) in [5.41, 5.74) is 0.682. The molecule has 2 N–H and O–H groups in total. The zero-order chi connectivity index (χ0) is 20.3. The fraction of sp³-hybridized carbons (Fsp3) is 0.211. The molecule has 1 aromatic heterocycles. The van der Waals surface area contributed by atoms with Gasteiger partial charge in [-0.15, -0.1) is 0 Å². The molecule has 2 aromatic carbocycles. The van der Waals surface area contributed by atoms with Crippen LogP contribution in [0.4, 0.5) is 5.69 Å². The van der Waals surface area contributed by atoms with Crippen molar-refractivity contribution in [2.24, 2.45) is 0 Å². The number of hydrogen-bond acceptors (Lipinski definition) is 6. The number of aromatic amines is 1. The molecule has 8 nitrogen and oxygen atoms in total. The smallest absolute Gasteiger partial charge is 0.356 e. The molecule has 28 heavy (non-hydrogen) atoms. The highest BCUT2D eigenvalue weighted by Crippen LogP contribution is 2.33. The van der Waals surface area contributed by atoms with Crippen LogP contribution in [0.1, 0.15) is 17.4 Å². The van der Waals surface area contributed by atoms with Gasteiger partial charge in [-0.25, -0.2) is 13.2 Å².